The summed E-state index contributed by atoms with van der Waals surface area (Å²) in [6.45, 7) is 8.08. The lowest BCUT2D eigenvalue weighted by atomic mass is 9.96. The van der Waals surface area contributed by atoms with Gasteiger partial charge in [0.1, 0.15) is 0 Å². The molecule has 1 unspecified atom stereocenters. The number of nitrogens with zero attached hydrogens (tertiary/aromatic N) is 1. The molecule has 24 heavy (non-hydrogen) atoms. The van der Waals surface area contributed by atoms with Crippen molar-refractivity contribution in [2.75, 3.05) is 19.6 Å². The minimum Gasteiger partial charge on any atom is -0.336 e. The van der Waals surface area contributed by atoms with E-state index in [1.165, 1.54) is 22.3 Å². The van der Waals surface area contributed by atoms with E-state index in [1.807, 2.05) is 4.90 Å². The molecule has 1 aliphatic rings. The van der Waals surface area contributed by atoms with Crippen molar-refractivity contribution >= 4 is 5.91 Å². The molecule has 3 rings (SSSR count). The van der Waals surface area contributed by atoms with Crippen LogP contribution in [0.4, 0.5) is 0 Å². The van der Waals surface area contributed by atoms with Crippen molar-refractivity contribution < 1.29 is 4.79 Å². The van der Waals surface area contributed by atoms with E-state index < -0.39 is 0 Å². The molecule has 1 fully saturated rings. The normalized spacial score (nSPS) is 17.8. The summed E-state index contributed by atoms with van der Waals surface area (Å²) in [4.78, 5) is 14.4. The standard InChI is InChI=1S/C21H24N2O/c1-3-12-23-13-11-22-20(21(23)24)15-17-8-6-9-18(14-17)19-10-5-4-7-16(19)2/h3-10,14,20,22H,1,11-13,15H2,2H3. The van der Waals surface area contributed by atoms with Gasteiger partial charge in [0.2, 0.25) is 5.91 Å². The third-order valence-electron chi connectivity index (χ3n) is 4.55. The Morgan fingerprint density at radius 2 is 2.08 bits per heavy atom. The van der Waals surface area contributed by atoms with Crippen LogP contribution in [0.2, 0.25) is 0 Å². The lowest BCUT2D eigenvalue weighted by Gasteiger charge is -2.32. The van der Waals surface area contributed by atoms with Crippen LogP contribution < -0.4 is 5.32 Å². The predicted molar refractivity (Wildman–Crippen MR) is 98.9 cm³/mol. The zero-order valence-corrected chi connectivity index (χ0v) is 14.2. The molecule has 2 aromatic rings. The highest BCUT2D eigenvalue weighted by Gasteiger charge is 2.27. The van der Waals surface area contributed by atoms with Gasteiger partial charge in [-0.25, -0.2) is 0 Å². The minimum absolute atomic E-state index is 0.147. The SMILES string of the molecule is C=CCN1CCNC(Cc2cccc(-c3ccccc3C)c2)C1=O. The van der Waals surface area contributed by atoms with Crippen molar-refractivity contribution in [2.45, 2.75) is 19.4 Å². The number of hydrogen-bond donors (Lipinski definition) is 1. The number of piperazine rings is 1. The summed E-state index contributed by atoms with van der Waals surface area (Å²) < 4.78 is 0. The fourth-order valence-electron chi connectivity index (χ4n) is 3.29. The zero-order chi connectivity index (χ0) is 16.9. The average Bonchev–Trinajstić information content (AvgIpc) is 2.59. The van der Waals surface area contributed by atoms with Crippen molar-refractivity contribution in [1.82, 2.24) is 10.2 Å². The van der Waals surface area contributed by atoms with Gasteiger partial charge in [-0.2, -0.15) is 0 Å². The van der Waals surface area contributed by atoms with Crippen LogP contribution in [0.25, 0.3) is 11.1 Å². The van der Waals surface area contributed by atoms with Crippen LogP contribution >= 0.6 is 0 Å². The maximum atomic E-state index is 12.5. The maximum Gasteiger partial charge on any atom is 0.240 e. The third-order valence-corrected chi connectivity index (χ3v) is 4.55. The first-order valence-corrected chi connectivity index (χ1v) is 8.47. The van der Waals surface area contributed by atoms with Crippen molar-refractivity contribution in [3.05, 3.63) is 72.3 Å². The number of amides is 1. The van der Waals surface area contributed by atoms with Crippen LogP contribution in [-0.2, 0) is 11.2 Å². The number of nitrogens with one attached hydrogen (secondary N) is 1. The molecule has 1 aliphatic heterocycles. The number of benzene rings is 2. The predicted octanol–water partition coefficient (Wildman–Crippen LogP) is 3.19. The zero-order valence-electron chi connectivity index (χ0n) is 14.2. The van der Waals surface area contributed by atoms with Gasteiger partial charge >= 0.3 is 0 Å². The van der Waals surface area contributed by atoms with E-state index in [0.29, 0.717) is 13.0 Å². The first kappa shape index (κ1) is 16.5. The van der Waals surface area contributed by atoms with Crippen LogP contribution in [0.15, 0.2) is 61.2 Å². The van der Waals surface area contributed by atoms with Crippen LogP contribution in [0.3, 0.4) is 0 Å². The summed E-state index contributed by atoms with van der Waals surface area (Å²) in [7, 11) is 0. The smallest absolute Gasteiger partial charge is 0.240 e. The van der Waals surface area contributed by atoms with Crippen molar-refractivity contribution in [3.8, 4) is 11.1 Å². The van der Waals surface area contributed by atoms with E-state index in [0.717, 1.165) is 13.1 Å². The van der Waals surface area contributed by atoms with Gasteiger partial charge in [0.25, 0.3) is 0 Å². The van der Waals surface area contributed by atoms with Gasteiger partial charge in [-0.05, 0) is 35.6 Å². The Morgan fingerprint density at radius 3 is 2.88 bits per heavy atom. The summed E-state index contributed by atoms with van der Waals surface area (Å²) in [5.74, 6) is 0.169. The number of rotatable bonds is 5. The molecule has 2 aromatic carbocycles. The van der Waals surface area contributed by atoms with Gasteiger partial charge in [-0.3, -0.25) is 4.79 Å². The van der Waals surface area contributed by atoms with Crippen molar-refractivity contribution in [1.29, 1.82) is 0 Å². The van der Waals surface area contributed by atoms with Crippen LogP contribution in [0, 0.1) is 6.92 Å². The molecule has 0 radical (unpaired) electrons. The molecule has 3 nitrogen and oxygen atoms in total. The Hall–Kier alpha value is -2.39. The second kappa shape index (κ2) is 7.45. The van der Waals surface area contributed by atoms with Crippen molar-refractivity contribution in [2.24, 2.45) is 0 Å². The molecule has 0 spiro atoms. The molecule has 0 bridgehead atoms. The molecule has 1 atom stereocenters. The summed E-state index contributed by atoms with van der Waals surface area (Å²) in [5, 5.41) is 3.35. The first-order valence-electron chi connectivity index (χ1n) is 8.47. The first-order chi connectivity index (χ1) is 11.7. The molecule has 0 saturated carbocycles. The fraction of sp³-hybridized carbons (Fsp3) is 0.286. The third kappa shape index (κ3) is 3.57. The van der Waals surface area contributed by atoms with E-state index >= 15 is 0 Å². The van der Waals surface area contributed by atoms with Gasteiger partial charge in [0, 0.05) is 19.6 Å². The topological polar surface area (TPSA) is 32.3 Å². The fourth-order valence-corrected chi connectivity index (χ4v) is 3.29. The second-order valence-corrected chi connectivity index (χ2v) is 6.30. The number of carbonyl (C=O) groups is 1. The second-order valence-electron chi connectivity index (χ2n) is 6.30. The van der Waals surface area contributed by atoms with Crippen molar-refractivity contribution in [3.63, 3.8) is 0 Å². The molecular formula is C21H24N2O. The van der Waals surface area contributed by atoms with E-state index in [1.54, 1.807) is 6.08 Å². The Kier molecular flexibility index (Phi) is 5.11. The highest BCUT2D eigenvalue weighted by atomic mass is 16.2. The number of carbonyl (C=O) groups excluding carboxylic acids is 1. The van der Waals surface area contributed by atoms with Gasteiger partial charge in [-0.1, -0.05) is 54.6 Å². The molecule has 1 heterocycles. The Balaban J connectivity index is 1.79. The largest absolute Gasteiger partial charge is 0.336 e. The lowest BCUT2D eigenvalue weighted by molar-refractivity contribution is -0.135. The Morgan fingerprint density at radius 1 is 1.25 bits per heavy atom. The summed E-state index contributed by atoms with van der Waals surface area (Å²) in [6, 6.07) is 16.7. The van der Waals surface area contributed by atoms with Crippen LogP contribution in [-0.4, -0.2) is 36.5 Å². The average molecular weight is 320 g/mol. The van der Waals surface area contributed by atoms with Crippen LogP contribution in [0.1, 0.15) is 11.1 Å². The summed E-state index contributed by atoms with van der Waals surface area (Å²) in [6.07, 6.45) is 2.51. The van der Waals surface area contributed by atoms with Gasteiger partial charge in [0.15, 0.2) is 0 Å². The molecule has 3 heteroatoms. The van der Waals surface area contributed by atoms with E-state index in [4.69, 9.17) is 0 Å². The molecule has 1 saturated heterocycles. The molecule has 0 aromatic heterocycles. The molecule has 1 amide bonds. The Bertz CT molecular complexity index is 738. The van der Waals surface area contributed by atoms with Gasteiger partial charge < -0.3 is 10.2 Å². The minimum atomic E-state index is -0.147. The number of aryl methyl sites for hydroxylation is 1. The van der Waals surface area contributed by atoms with Gasteiger partial charge in [-0.15, -0.1) is 6.58 Å². The Labute approximate surface area is 144 Å². The number of hydrogen-bond acceptors (Lipinski definition) is 2. The highest BCUT2D eigenvalue weighted by molar-refractivity contribution is 5.83. The van der Waals surface area contributed by atoms with E-state index in [2.05, 4.69) is 67.4 Å². The monoisotopic (exact) mass is 320 g/mol. The van der Waals surface area contributed by atoms with E-state index in [-0.39, 0.29) is 11.9 Å². The maximum absolute atomic E-state index is 12.5. The molecule has 0 aliphatic carbocycles. The molecular weight excluding hydrogens is 296 g/mol. The summed E-state index contributed by atoms with van der Waals surface area (Å²) in [5.41, 5.74) is 4.90. The lowest BCUT2D eigenvalue weighted by Crippen LogP contribution is -2.55. The summed E-state index contributed by atoms with van der Waals surface area (Å²) >= 11 is 0. The van der Waals surface area contributed by atoms with Crippen LogP contribution in [0.5, 0.6) is 0 Å². The van der Waals surface area contributed by atoms with Gasteiger partial charge in [0.05, 0.1) is 6.04 Å². The molecule has 1 N–H and O–H groups in total. The molecule has 124 valence electrons. The highest BCUT2D eigenvalue weighted by Crippen LogP contribution is 2.24. The quantitative estimate of drug-likeness (QED) is 0.858. The van der Waals surface area contributed by atoms with E-state index in [9.17, 15) is 4.79 Å².